The topological polar surface area (TPSA) is 152 Å². The Hall–Kier alpha value is -5.19. The van der Waals surface area contributed by atoms with Crippen LogP contribution in [0.2, 0.25) is 0 Å². The van der Waals surface area contributed by atoms with E-state index in [1.807, 2.05) is 53.1 Å². The van der Waals surface area contributed by atoms with Crippen LogP contribution in [0.1, 0.15) is 18.1 Å². The summed E-state index contributed by atoms with van der Waals surface area (Å²) in [6, 6.07) is 17.2. The number of hydrogen-bond acceptors (Lipinski definition) is 7. The van der Waals surface area contributed by atoms with Crippen molar-refractivity contribution in [2.75, 3.05) is 18.8 Å². The summed E-state index contributed by atoms with van der Waals surface area (Å²) in [6.45, 7) is 6.17. The highest BCUT2D eigenvalue weighted by molar-refractivity contribution is 6.07. The van der Waals surface area contributed by atoms with Gasteiger partial charge in [0.15, 0.2) is 11.6 Å². The van der Waals surface area contributed by atoms with Crippen LogP contribution in [0.3, 0.4) is 0 Å². The number of nitrogens with one attached hydrogen (secondary N) is 1. The summed E-state index contributed by atoms with van der Waals surface area (Å²) < 4.78 is 7.12. The summed E-state index contributed by atoms with van der Waals surface area (Å²) in [5.74, 6) is 0.629. The number of para-hydroxylation sites is 1. The molecule has 0 aliphatic carbocycles. The number of carbonyl (C=O) groups excluding carboxylic acids is 1. The van der Waals surface area contributed by atoms with Gasteiger partial charge in [-0.2, -0.15) is 0 Å². The average Bonchev–Trinajstić information content (AvgIpc) is 3.58. The normalized spacial score (nSPS) is 11.1. The number of rotatable bonds is 9. The fourth-order valence-corrected chi connectivity index (χ4v) is 4.39. The van der Waals surface area contributed by atoms with Crippen molar-refractivity contribution in [2.45, 2.75) is 20.0 Å². The lowest BCUT2D eigenvalue weighted by molar-refractivity contribution is -0.117. The molecule has 5 rings (SSSR count). The van der Waals surface area contributed by atoms with Gasteiger partial charge in [-0.25, -0.2) is 14.8 Å². The largest absolute Gasteiger partial charge is 0.465 e. The number of nitrogen functional groups attached to an aromatic ring is 1. The van der Waals surface area contributed by atoms with E-state index in [-0.39, 0.29) is 25.5 Å². The van der Waals surface area contributed by atoms with E-state index < -0.39 is 6.09 Å². The molecule has 11 heteroatoms. The van der Waals surface area contributed by atoms with Gasteiger partial charge in [-0.1, -0.05) is 54.2 Å². The van der Waals surface area contributed by atoms with Crippen LogP contribution < -0.4 is 11.1 Å². The molecule has 39 heavy (non-hydrogen) atoms. The summed E-state index contributed by atoms with van der Waals surface area (Å²) in [7, 11) is 0. The van der Waals surface area contributed by atoms with Crippen molar-refractivity contribution >= 4 is 39.8 Å². The molecular formula is C28H27N7O4. The molecule has 0 atom stereocenters. The minimum atomic E-state index is -1.07. The zero-order valence-corrected chi connectivity index (χ0v) is 21.3. The van der Waals surface area contributed by atoms with E-state index in [1.165, 1.54) is 11.2 Å². The molecule has 3 aromatic heterocycles. The number of carboxylic acid groups (broad SMARTS) is 1. The van der Waals surface area contributed by atoms with Gasteiger partial charge in [0.1, 0.15) is 17.5 Å². The molecule has 2 aromatic carbocycles. The zero-order valence-electron chi connectivity index (χ0n) is 21.3. The third kappa shape index (κ3) is 5.28. The standard InChI is InChI=1S/C28H27N7O4/c1-17(2)27(36)30-12-13-34(28(37)38)15-18-7-9-19(10-8-18)16-35-24-20-5-3-4-6-21(20)31-25(29)23(24)32-26(35)22-11-14-39-33-22/h3-11,14H,1,12-13,15-16H2,2H3,(H2,29,31)(H,30,36)(H,37,38). The molecule has 0 saturated carbocycles. The summed E-state index contributed by atoms with van der Waals surface area (Å²) in [5, 5.41) is 17.3. The van der Waals surface area contributed by atoms with E-state index in [0.29, 0.717) is 35.0 Å². The molecule has 0 aliphatic rings. The Morgan fingerprint density at radius 1 is 1.10 bits per heavy atom. The zero-order chi connectivity index (χ0) is 27.5. The van der Waals surface area contributed by atoms with E-state index in [4.69, 9.17) is 15.2 Å². The van der Waals surface area contributed by atoms with Crippen LogP contribution in [0.25, 0.3) is 33.5 Å². The molecule has 11 nitrogen and oxygen atoms in total. The van der Waals surface area contributed by atoms with Gasteiger partial charge in [0.25, 0.3) is 0 Å². The highest BCUT2D eigenvalue weighted by Crippen LogP contribution is 2.32. The number of anilines is 1. The number of amides is 2. The van der Waals surface area contributed by atoms with Gasteiger partial charge in [0, 0.05) is 43.2 Å². The summed E-state index contributed by atoms with van der Waals surface area (Å²) in [6.07, 6.45) is 0.426. The lowest BCUT2D eigenvalue weighted by atomic mass is 10.1. The number of carbonyl (C=O) groups is 2. The molecular weight excluding hydrogens is 498 g/mol. The van der Waals surface area contributed by atoms with E-state index in [1.54, 1.807) is 13.0 Å². The molecule has 4 N–H and O–H groups in total. The van der Waals surface area contributed by atoms with Gasteiger partial charge in [0.2, 0.25) is 5.91 Å². The number of pyridine rings is 1. The lowest BCUT2D eigenvalue weighted by Crippen LogP contribution is -2.37. The van der Waals surface area contributed by atoms with Crippen LogP contribution in [-0.4, -0.2) is 54.8 Å². The first-order chi connectivity index (χ1) is 18.8. The number of nitrogens with zero attached hydrogens (tertiary/aromatic N) is 5. The summed E-state index contributed by atoms with van der Waals surface area (Å²) >= 11 is 0. The predicted octanol–water partition coefficient (Wildman–Crippen LogP) is 4.04. The fourth-order valence-electron chi connectivity index (χ4n) is 4.39. The molecule has 2 amide bonds. The van der Waals surface area contributed by atoms with Gasteiger partial charge in [0.05, 0.1) is 11.0 Å². The second kappa shape index (κ2) is 10.7. The lowest BCUT2D eigenvalue weighted by Gasteiger charge is -2.20. The first-order valence-electron chi connectivity index (χ1n) is 12.3. The Kier molecular flexibility index (Phi) is 6.96. The van der Waals surface area contributed by atoms with Crippen LogP contribution in [0.5, 0.6) is 0 Å². The molecule has 0 fully saturated rings. The van der Waals surface area contributed by atoms with Crippen molar-refractivity contribution in [2.24, 2.45) is 0 Å². The van der Waals surface area contributed by atoms with Crippen molar-refractivity contribution in [1.82, 2.24) is 29.9 Å². The Morgan fingerprint density at radius 2 is 1.85 bits per heavy atom. The van der Waals surface area contributed by atoms with Crippen LogP contribution in [0.4, 0.5) is 10.6 Å². The molecule has 0 spiro atoms. The molecule has 0 unspecified atom stereocenters. The SMILES string of the molecule is C=C(C)C(=O)NCCN(Cc1ccc(Cn2c(-c3ccon3)nc3c(N)nc4ccccc4c32)cc1)C(=O)O. The summed E-state index contributed by atoms with van der Waals surface area (Å²) in [5.41, 5.74) is 11.2. The molecule has 3 heterocycles. The quantitative estimate of drug-likeness (QED) is 0.244. The Labute approximate surface area is 223 Å². The van der Waals surface area contributed by atoms with Gasteiger partial charge in [-0.05, 0) is 24.1 Å². The van der Waals surface area contributed by atoms with Crippen molar-refractivity contribution in [3.8, 4) is 11.5 Å². The molecule has 5 aromatic rings. The Morgan fingerprint density at radius 3 is 2.54 bits per heavy atom. The maximum absolute atomic E-state index is 11.8. The number of nitrogens with two attached hydrogens (primary N) is 1. The molecule has 0 bridgehead atoms. The Balaban J connectivity index is 1.42. The second-order valence-electron chi connectivity index (χ2n) is 9.17. The highest BCUT2D eigenvalue weighted by Gasteiger charge is 2.20. The number of aromatic nitrogens is 4. The molecule has 0 radical (unpaired) electrons. The molecule has 0 aliphatic heterocycles. The minimum Gasteiger partial charge on any atom is -0.465 e. The number of imidazole rings is 1. The molecule has 0 saturated heterocycles. The second-order valence-corrected chi connectivity index (χ2v) is 9.17. The van der Waals surface area contributed by atoms with E-state index >= 15 is 0 Å². The first kappa shape index (κ1) is 25.5. The number of hydrogen-bond donors (Lipinski definition) is 3. The van der Waals surface area contributed by atoms with E-state index in [2.05, 4.69) is 22.0 Å². The molecule has 198 valence electrons. The third-order valence-corrected chi connectivity index (χ3v) is 6.34. The van der Waals surface area contributed by atoms with Crippen LogP contribution >= 0.6 is 0 Å². The predicted molar refractivity (Wildman–Crippen MR) is 147 cm³/mol. The summed E-state index contributed by atoms with van der Waals surface area (Å²) in [4.78, 5) is 34.0. The highest BCUT2D eigenvalue weighted by atomic mass is 16.5. The number of fused-ring (bicyclic) bond motifs is 3. The van der Waals surface area contributed by atoms with E-state index in [0.717, 1.165) is 27.5 Å². The van der Waals surface area contributed by atoms with Crippen molar-refractivity contribution in [3.63, 3.8) is 0 Å². The van der Waals surface area contributed by atoms with Gasteiger partial charge >= 0.3 is 6.09 Å². The van der Waals surface area contributed by atoms with Gasteiger partial charge in [-0.15, -0.1) is 0 Å². The monoisotopic (exact) mass is 525 g/mol. The smallest absolute Gasteiger partial charge is 0.407 e. The average molecular weight is 526 g/mol. The van der Waals surface area contributed by atoms with Crippen LogP contribution in [0, 0.1) is 0 Å². The third-order valence-electron chi connectivity index (χ3n) is 6.34. The van der Waals surface area contributed by atoms with Crippen LogP contribution in [0.15, 0.2) is 77.5 Å². The van der Waals surface area contributed by atoms with Gasteiger partial charge < -0.3 is 30.1 Å². The number of benzene rings is 2. The van der Waals surface area contributed by atoms with Crippen molar-refractivity contribution in [3.05, 3.63) is 84.1 Å². The van der Waals surface area contributed by atoms with Crippen molar-refractivity contribution in [1.29, 1.82) is 0 Å². The first-order valence-corrected chi connectivity index (χ1v) is 12.3. The minimum absolute atomic E-state index is 0.153. The van der Waals surface area contributed by atoms with Gasteiger partial charge in [-0.3, -0.25) is 4.79 Å². The maximum atomic E-state index is 11.8. The maximum Gasteiger partial charge on any atom is 0.407 e. The Bertz CT molecular complexity index is 1670. The van der Waals surface area contributed by atoms with Crippen LogP contribution in [-0.2, 0) is 17.9 Å². The van der Waals surface area contributed by atoms with Crippen molar-refractivity contribution < 1.29 is 19.2 Å². The van der Waals surface area contributed by atoms with E-state index in [9.17, 15) is 14.7 Å². The fraction of sp³-hybridized carbons (Fsp3) is 0.179.